The number of hydrogen-bond donors (Lipinski definition) is 3. The van der Waals surface area contributed by atoms with Crippen LogP contribution in [0.3, 0.4) is 0 Å². The number of carboxylic acid groups (broad SMARTS) is 1. The summed E-state index contributed by atoms with van der Waals surface area (Å²) in [7, 11) is -4.62. The summed E-state index contributed by atoms with van der Waals surface area (Å²) in [6, 6.07) is 8.23. The van der Waals surface area contributed by atoms with E-state index in [2.05, 4.69) is 0 Å². The lowest BCUT2D eigenvalue weighted by atomic mass is 10.1. The summed E-state index contributed by atoms with van der Waals surface area (Å²) in [6.45, 7) is -0.709. The van der Waals surface area contributed by atoms with Crippen LogP contribution in [0.1, 0.15) is 5.56 Å². The van der Waals surface area contributed by atoms with E-state index in [1.165, 1.54) is 0 Å². The molecule has 0 saturated carbocycles. The topological polar surface area (TPSA) is 121 Å². The molecule has 1 amide bonds. The molecule has 0 saturated heterocycles. The number of aliphatic carboxylic acids is 1. The zero-order valence-electron chi connectivity index (χ0n) is 9.81. The summed E-state index contributed by atoms with van der Waals surface area (Å²) < 4.78 is 31.4. The predicted octanol–water partition coefficient (Wildman–Crippen LogP) is -0.314. The molecule has 1 unspecified atom stereocenters. The maximum absolute atomic E-state index is 11.6. The minimum Gasteiger partial charge on any atom is -0.480 e. The van der Waals surface area contributed by atoms with Gasteiger partial charge < -0.3 is 10.4 Å². The van der Waals surface area contributed by atoms with E-state index in [0.717, 1.165) is 0 Å². The molecule has 0 aromatic heterocycles. The highest BCUT2D eigenvalue weighted by molar-refractivity contribution is 7.87. The quantitative estimate of drug-likeness (QED) is 0.617. The number of amides is 1. The predicted molar refractivity (Wildman–Crippen MR) is 66.1 cm³/mol. The van der Waals surface area contributed by atoms with Crippen molar-refractivity contribution in [3.63, 3.8) is 0 Å². The normalized spacial score (nSPS) is 12.7. The van der Waals surface area contributed by atoms with Crippen LogP contribution >= 0.6 is 0 Å². The fourth-order valence-corrected chi connectivity index (χ4v) is 2.19. The highest BCUT2D eigenvalue weighted by Gasteiger charge is 2.31. The van der Waals surface area contributed by atoms with Crippen molar-refractivity contribution in [3.8, 4) is 0 Å². The van der Waals surface area contributed by atoms with Crippen molar-refractivity contribution < 1.29 is 27.7 Å². The van der Waals surface area contributed by atoms with Crippen molar-refractivity contribution in [2.75, 3.05) is 6.54 Å². The third-order valence-electron chi connectivity index (χ3n) is 2.33. The van der Waals surface area contributed by atoms with Gasteiger partial charge in [0.2, 0.25) is 5.91 Å². The molecule has 0 radical (unpaired) electrons. The average Bonchev–Trinajstić information content (AvgIpc) is 2.33. The number of carboxylic acids is 1. The Morgan fingerprint density at radius 3 is 2.26 bits per heavy atom. The van der Waals surface area contributed by atoms with Gasteiger partial charge in [0.15, 0.2) is 5.25 Å². The van der Waals surface area contributed by atoms with Gasteiger partial charge >= 0.3 is 5.97 Å². The van der Waals surface area contributed by atoms with Crippen LogP contribution in [0.25, 0.3) is 0 Å². The van der Waals surface area contributed by atoms with Gasteiger partial charge in [0.25, 0.3) is 10.1 Å². The van der Waals surface area contributed by atoms with E-state index in [1.54, 1.807) is 30.3 Å². The monoisotopic (exact) mass is 287 g/mol. The summed E-state index contributed by atoms with van der Waals surface area (Å²) in [4.78, 5) is 21.9. The molecule has 0 bridgehead atoms. The first-order valence-corrected chi connectivity index (χ1v) is 6.80. The van der Waals surface area contributed by atoms with E-state index < -0.39 is 33.8 Å². The van der Waals surface area contributed by atoms with Gasteiger partial charge in [-0.25, -0.2) is 0 Å². The van der Waals surface area contributed by atoms with Crippen molar-refractivity contribution in [1.29, 1.82) is 0 Å². The molecular formula is C11H13NO6S. The van der Waals surface area contributed by atoms with Crippen LogP contribution in [-0.2, 0) is 26.1 Å². The Balaban J connectivity index is 2.85. The molecule has 3 N–H and O–H groups in total. The van der Waals surface area contributed by atoms with E-state index in [9.17, 15) is 18.0 Å². The molecule has 104 valence electrons. The SMILES string of the molecule is O=C(O)CNC(=O)C(Cc1ccccc1)S(=O)(=O)O. The lowest BCUT2D eigenvalue weighted by Gasteiger charge is -2.13. The number of benzene rings is 1. The van der Waals surface area contributed by atoms with Crippen molar-refractivity contribution in [1.82, 2.24) is 5.32 Å². The number of hydrogen-bond acceptors (Lipinski definition) is 4. The molecule has 1 aromatic carbocycles. The third-order valence-corrected chi connectivity index (χ3v) is 3.43. The largest absolute Gasteiger partial charge is 0.480 e. The smallest absolute Gasteiger partial charge is 0.322 e. The molecule has 1 aromatic rings. The van der Waals surface area contributed by atoms with Gasteiger partial charge in [0, 0.05) is 6.42 Å². The molecule has 0 aliphatic rings. The Labute approximate surface area is 110 Å². The van der Waals surface area contributed by atoms with Gasteiger partial charge in [-0.15, -0.1) is 0 Å². The Kier molecular flexibility index (Phi) is 5.02. The molecule has 0 aliphatic carbocycles. The summed E-state index contributed by atoms with van der Waals surface area (Å²) in [5.41, 5.74) is 0.538. The lowest BCUT2D eigenvalue weighted by molar-refractivity contribution is -0.137. The Bertz CT molecular complexity index is 554. The molecule has 0 aliphatic heterocycles. The number of carbonyl (C=O) groups is 2. The summed E-state index contributed by atoms with van der Waals surface area (Å²) in [5, 5.41) is 8.61. The maximum Gasteiger partial charge on any atom is 0.322 e. The second-order valence-electron chi connectivity index (χ2n) is 3.80. The maximum atomic E-state index is 11.6. The zero-order valence-corrected chi connectivity index (χ0v) is 10.6. The van der Waals surface area contributed by atoms with Gasteiger partial charge in [-0.1, -0.05) is 30.3 Å². The van der Waals surface area contributed by atoms with Gasteiger partial charge in [-0.2, -0.15) is 8.42 Å². The highest BCUT2D eigenvalue weighted by atomic mass is 32.2. The highest BCUT2D eigenvalue weighted by Crippen LogP contribution is 2.09. The summed E-state index contributed by atoms with van der Waals surface area (Å²) in [5.74, 6) is -2.35. The van der Waals surface area contributed by atoms with E-state index in [-0.39, 0.29) is 6.42 Å². The summed E-state index contributed by atoms with van der Waals surface area (Å²) >= 11 is 0. The molecule has 0 heterocycles. The average molecular weight is 287 g/mol. The van der Waals surface area contributed by atoms with Gasteiger partial charge in [-0.05, 0) is 5.56 Å². The minimum absolute atomic E-state index is 0.231. The molecule has 19 heavy (non-hydrogen) atoms. The summed E-state index contributed by atoms with van der Waals surface area (Å²) in [6.07, 6.45) is -0.231. The first-order chi connectivity index (χ1) is 8.80. The fraction of sp³-hybridized carbons (Fsp3) is 0.273. The fourth-order valence-electron chi connectivity index (χ4n) is 1.44. The number of carbonyl (C=O) groups excluding carboxylic acids is 1. The molecule has 8 heteroatoms. The minimum atomic E-state index is -4.62. The van der Waals surface area contributed by atoms with E-state index in [1.807, 2.05) is 5.32 Å². The zero-order chi connectivity index (χ0) is 14.5. The van der Waals surface area contributed by atoms with E-state index in [4.69, 9.17) is 9.66 Å². The molecule has 0 spiro atoms. The molecule has 0 fully saturated rings. The van der Waals surface area contributed by atoms with Crippen LogP contribution in [-0.4, -0.2) is 41.7 Å². The number of nitrogens with one attached hydrogen (secondary N) is 1. The van der Waals surface area contributed by atoms with Crippen molar-refractivity contribution in [2.24, 2.45) is 0 Å². The molecule has 7 nitrogen and oxygen atoms in total. The second-order valence-corrected chi connectivity index (χ2v) is 5.40. The van der Waals surface area contributed by atoms with Crippen LogP contribution in [0.5, 0.6) is 0 Å². The van der Waals surface area contributed by atoms with Gasteiger partial charge in [0.05, 0.1) is 0 Å². The van der Waals surface area contributed by atoms with Crippen LogP contribution in [0.15, 0.2) is 30.3 Å². The lowest BCUT2D eigenvalue weighted by Crippen LogP contribution is -2.43. The Hall–Kier alpha value is -1.93. The second kappa shape index (κ2) is 6.30. The Morgan fingerprint density at radius 1 is 1.21 bits per heavy atom. The number of rotatable bonds is 6. The first kappa shape index (κ1) is 15.1. The van der Waals surface area contributed by atoms with Crippen LogP contribution < -0.4 is 5.32 Å². The standard InChI is InChI=1S/C11H13NO6S/c13-10(14)7-12-11(15)9(19(16,17)18)6-8-4-2-1-3-5-8/h1-5,9H,6-7H2,(H,12,15)(H,13,14)(H,16,17,18). The molecule has 1 atom stereocenters. The van der Waals surface area contributed by atoms with Crippen LogP contribution in [0.4, 0.5) is 0 Å². The van der Waals surface area contributed by atoms with Crippen LogP contribution in [0.2, 0.25) is 0 Å². The van der Waals surface area contributed by atoms with Gasteiger partial charge in [0.1, 0.15) is 6.54 Å². The van der Waals surface area contributed by atoms with E-state index in [0.29, 0.717) is 5.56 Å². The van der Waals surface area contributed by atoms with Crippen molar-refractivity contribution >= 4 is 22.0 Å². The molecular weight excluding hydrogens is 274 g/mol. The van der Waals surface area contributed by atoms with Crippen LogP contribution in [0, 0.1) is 0 Å². The van der Waals surface area contributed by atoms with Crippen molar-refractivity contribution in [2.45, 2.75) is 11.7 Å². The van der Waals surface area contributed by atoms with Gasteiger partial charge in [-0.3, -0.25) is 14.1 Å². The van der Waals surface area contributed by atoms with E-state index >= 15 is 0 Å². The Morgan fingerprint density at radius 2 is 1.79 bits per heavy atom. The first-order valence-electron chi connectivity index (χ1n) is 5.30. The van der Waals surface area contributed by atoms with Crippen molar-refractivity contribution in [3.05, 3.63) is 35.9 Å². The third kappa shape index (κ3) is 5.06. The molecule has 1 rings (SSSR count).